The van der Waals surface area contributed by atoms with E-state index in [0.29, 0.717) is 5.69 Å². The summed E-state index contributed by atoms with van der Waals surface area (Å²) >= 11 is 0. The SMILES string of the molecule is CNc1cc(N2CCN(C)CC2)ccc1OC(F)(F)F. The molecule has 1 aromatic carbocycles. The fourth-order valence-electron chi connectivity index (χ4n) is 2.19. The van der Waals surface area contributed by atoms with E-state index in [1.54, 1.807) is 19.2 Å². The molecule has 1 saturated heterocycles. The Hall–Kier alpha value is -1.63. The van der Waals surface area contributed by atoms with Gasteiger partial charge in [0.05, 0.1) is 5.69 Å². The van der Waals surface area contributed by atoms with Gasteiger partial charge in [0.25, 0.3) is 0 Å². The van der Waals surface area contributed by atoms with Crippen molar-refractivity contribution < 1.29 is 17.9 Å². The molecule has 0 spiro atoms. The molecule has 20 heavy (non-hydrogen) atoms. The topological polar surface area (TPSA) is 27.7 Å². The molecule has 0 aliphatic carbocycles. The molecule has 2 rings (SSSR count). The maximum atomic E-state index is 12.3. The van der Waals surface area contributed by atoms with E-state index >= 15 is 0 Å². The van der Waals surface area contributed by atoms with Gasteiger partial charge in [-0.1, -0.05) is 0 Å². The molecule has 1 aliphatic heterocycles. The molecule has 0 unspecified atom stereocenters. The zero-order chi connectivity index (χ0) is 14.8. The van der Waals surface area contributed by atoms with Gasteiger partial charge in [-0.3, -0.25) is 0 Å². The van der Waals surface area contributed by atoms with Crippen molar-refractivity contribution >= 4 is 11.4 Å². The van der Waals surface area contributed by atoms with Crippen molar-refractivity contribution in [1.82, 2.24) is 4.90 Å². The van der Waals surface area contributed by atoms with Crippen LogP contribution in [0, 0.1) is 0 Å². The lowest BCUT2D eigenvalue weighted by molar-refractivity contribution is -0.274. The summed E-state index contributed by atoms with van der Waals surface area (Å²) in [6.07, 6.45) is -4.68. The second-order valence-corrected chi connectivity index (χ2v) is 4.77. The first-order valence-electron chi connectivity index (χ1n) is 6.40. The number of benzene rings is 1. The first-order chi connectivity index (χ1) is 9.39. The summed E-state index contributed by atoms with van der Waals surface area (Å²) in [4.78, 5) is 4.37. The molecular weight excluding hydrogens is 271 g/mol. The van der Waals surface area contributed by atoms with Gasteiger partial charge in [0, 0.05) is 38.9 Å². The van der Waals surface area contributed by atoms with Gasteiger partial charge in [0.15, 0.2) is 5.75 Å². The summed E-state index contributed by atoms with van der Waals surface area (Å²) in [7, 11) is 3.63. The first kappa shape index (κ1) is 14.8. The van der Waals surface area contributed by atoms with Gasteiger partial charge in [0.1, 0.15) is 0 Å². The van der Waals surface area contributed by atoms with Crippen LogP contribution >= 0.6 is 0 Å². The Kier molecular flexibility index (Phi) is 4.27. The van der Waals surface area contributed by atoms with Crippen LogP contribution in [-0.2, 0) is 0 Å². The highest BCUT2D eigenvalue weighted by molar-refractivity contribution is 5.65. The number of piperazine rings is 1. The normalized spacial score (nSPS) is 17.1. The van der Waals surface area contributed by atoms with Crippen molar-refractivity contribution in [3.05, 3.63) is 18.2 Å². The first-order valence-corrected chi connectivity index (χ1v) is 6.40. The van der Waals surface area contributed by atoms with E-state index in [1.807, 2.05) is 0 Å². The van der Waals surface area contributed by atoms with Crippen LogP contribution in [0.25, 0.3) is 0 Å². The van der Waals surface area contributed by atoms with Crippen LogP contribution in [-0.4, -0.2) is 51.5 Å². The third kappa shape index (κ3) is 3.69. The number of hydrogen-bond donors (Lipinski definition) is 1. The van der Waals surface area contributed by atoms with Crippen molar-refractivity contribution in [1.29, 1.82) is 0 Å². The Morgan fingerprint density at radius 2 is 1.80 bits per heavy atom. The largest absolute Gasteiger partial charge is 0.573 e. The summed E-state index contributed by atoms with van der Waals surface area (Å²) < 4.78 is 40.9. The minimum atomic E-state index is -4.68. The summed E-state index contributed by atoms with van der Waals surface area (Å²) in [5.74, 6) is -0.210. The van der Waals surface area contributed by atoms with E-state index in [0.717, 1.165) is 31.9 Å². The predicted molar refractivity (Wildman–Crippen MR) is 72.4 cm³/mol. The molecular formula is C13H18F3N3O. The molecule has 7 heteroatoms. The number of ether oxygens (including phenoxy) is 1. The van der Waals surface area contributed by atoms with Crippen LogP contribution in [0.4, 0.5) is 24.5 Å². The van der Waals surface area contributed by atoms with Crippen molar-refractivity contribution in [2.75, 3.05) is 50.5 Å². The van der Waals surface area contributed by atoms with E-state index < -0.39 is 6.36 Å². The van der Waals surface area contributed by atoms with E-state index in [9.17, 15) is 13.2 Å². The Bertz CT molecular complexity index is 457. The van der Waals surface area contributed by atoms with Crippen LogP contribution in [0.5, 0.6) is 5.75 Å². The lowest BCUT2D eigenvalue weighted by Crippen LogP contribution is -2.44. The Labute approximate surface area is 116 Å². The van der Waals surface area contributed by atoms with Crippen molar-refractivity contribution in [2.45, 2.75) is 6.36 Å². The highest BCUT2D eigenvalue weighted by Crippen LogP contribution is 2.33. The van der Waals surface area contributed by atoms with E-state index in [4.69, 9.17) is 0 Å². The third-order valence-electron chi connectivity index (χ3n) is 3.33. The fraction of sp³-hybridized carbons (Fsp3) is 0.538. The minimum absolute atomic E-state index is 0.210. The van der Waals surface area contributed by atoms with Gasteiger partial charge < -0.3 is 19.9 Å². The summed E-state index contributed by atoms with van der Waals surface area (Å²) in [6, 6.07) is 4.70. The smallest absolute Gasteiger partial charge is 0.404 e. The Balaban J connectivity index is 2.16. The van der Waals surface area contributed by atoms with Gasteiger partial charge in [-0.05, 0) is 25.2 Å². The zero-order valence-corrected chi connectivity index (χ0v) is 11.5. The van der Waals surface area contributed by atoms with E-state index in [1.165, 1.54) is 6.07 Å². The lowest BCUT2D eigenvalue weighted by atomic mass is 10.2. The number of halogens is 3. The monoisotopic (exact) mass is 289 g/mol. The molecule has 4 nitrogen and oxygen atoms in total. The molecule has 1 fully saturated rings. The maximum Gasteiger partial charge on any atom is 0.573 e. The summed E-state index contributed by atoms with van der Waals surface area (Å²) in [5.41, 5.74) is 1.23. The second kappa shape index (κ2) is 5.78. The lowest BCUT2D eigenvalue weighted by Gasteiger charge is -2.34. The highest BCUT2D eigenvalue weighted by atomic mass is 19.4. The molecule has 1 aromatic rings. The molecule has 1 N–H and O–H groups in total. The molecule has 0 amide bonds. The molecule has 1 heterocycles. The molecule has 0 atom stereocenters. The summed E-state index contributed by atoms with van der Waals surface area (Å²) in [6.45, 7) is 3.60. The standard InChI is InChI=1S/C13H18F3N3O/c1-17-11-9-10(19-7-5-18(2)6-8-19)3-4-12(11)20-13(14,15)16/h3-4,9,17H,5-8H2,1-2H3. The number of alkyl halides is 3. The number of nitrogens with zero attached hydrogens (tertiary/aromatic N) is 2. The van der Waals surface area contributed by atoms with Gasteiger partial charge in [0.2, 0.25) is 0 Å². The zero-order valence-electron chi connectivity index (χ0n) is 11.5. The van der Waals surface area contributed by atoms with Crippen LogP contribution in [0.2, 0.25) is 0 Å². The van der Waals surface area contributed by atoms with Gasteiger partial charge in [-0.15, -0.1) is 13.2 Å². The molecule has 112 valence electrons. The average Bonchev–Trinajstić information content (AvgIpc) is 2.38. The number of anilines is 2. The van der Waals surface area contributed by atoms with Crippen molar-refractivity contribution in [3.8, 4) is 5.75 Å². The minimum Gasteiger partial charge on any atom is -0.404 e. The number of nitrogens with one attached hydrogen (secondary N) is 1. The van der Waals surface area contributed by atoms with Gasteiger partial charge in [-0.25, -0.2) is 0 Å². The fourth-order valence-corrected chi connectivity index (χ4v) is 2.19. The number of likely N-dealkylation sites (N-methyl/N-ethyl adjacent to an activating group) is 1. The number of hydrogen-bond acceptors (Lipinski definition) is 4. The second-order valence-electron chi connectivity index (χ2n) is 4.77. The molecule has 0 aromatic heterocycles. The van der Waals surface area contributed by atoms with Crippen molar-refractivity contribution in [3.63, 3.8) is 0 Å². The number of rotatable bonds is 3. The average molecular weight is 289 g/mol. The molecule has 1 aliphatic rings. The quantitative estimate of drug-likeness (QED) is 0.924. The van der Waals surface area contributed by atoms with Crippen LogP contribution in [0.15, 0.2) is 18.2 Å². The van der Waals surface area contributed by atoms with Crippen LogP contribution in [0.3, 0.4) is 0 Å². The van der Waals surface area contributed by atoms with Crippen LogP contribution < -0.4 is 15.0 Å². The van der Waals surface area contributed by atoms with E-state index in [-0.39, 0.29) is 5.75 Å². The molecule has 0 saturated carbocycles. The van der Waals surface area contributed by atoms with Gasteiger partial charge >= 0.3 is 6.36 Å². The summed E-state index contributed by atoms with van der Waals surface area (Å²) in [5, 5.41) is 2.74. The Morgan fingerprint density at radius 1 is 1.15 bits per heavy atom. The maximum absolute atomic E-state index is 12.3. The molecule has 0 bridgehead atoms. The van der Waals surface area contributed by atoms with Crippen molar-refractivity contribution in [2.24, 2.45) is 0 Å². The highest BCUT2D eigenvalue weighted by Gasteiger charge is 2.32. The predicted octanol–water partition coefficient (Wildman–Crippen LogP) is 2.38. The van der Waals surface area contributed by atoms with Gasteiger partial charge in [-0.2, -0.15) is 0 Å². The third-order valence-corrected chi connectivity index (χ3v) is 3.33. The van der Waals surface area contributed by atoms with Crippen LogP contribution in [0.1, 0.15) is 0 Å². The molecule has 0 radical (unpaired) electrons. The van der Waals surface area contributed by atoms with E-state index in [2.05, 4.69) is 26.9 Å². The Morgan fingerprint density at radius 3 is 2.35 bits per heavy atom.